The highest BCUT2D eigenvalue weighted by atomic mass is 16.1. The van der Waals surface area contributed by atoms with E-state index >= 15 is 0 Å². The lowest BCUT2D eigenvalue weighted by Gasteiger charge is -2.12. The molecule has 148 valence electrons. The Labute approximate surface area is 169 Å². The molecular formula is C22H24N6O. The third-order valence-corrected chi connectivity index (χ3v) is 4.93. The molecule has 0 saturated carbocycles. The van der Waals surface area contributed by atoms with Crippen LogP contribution in [0.2, 0.25) is 0 Å². The SMILES string of the molecule is Cc1ccc2nc(CCc3ccc(NC(=O)[C@H](C)Cn4cncn4)cc3)[nH]c2c1. The van der Waals surface area contributed by atoms with Gasteiger partial charge in [0.2, 0.25) is 5.91 Å². The number of imidazole rings is 1. The van der Waals surface area contributed by atoms with Gasteiger partial charge in [-0.1, -0.05) is 25.1 Å². The second-order valence-electron chi connectivity index (χ2n) is 7.41. The van der Waals surface area contributed by atoms with Crippen LogP contribution in [0.15, 0.2) is 55.1 Å². The lowest BCUT2D eigenvalue weighted by atomic mass is 10.1. The van der Waals surface area contributed by atoms with Crippen molar-refractivity contribution in [2.45, 2.75) is 33.2 Å². The van der Waals surface area contributed by atoms with Crippen molar-refractivity contribution in [2.24, 2.45) is 5.92 Å². The molecule has 1 amide bonds. The third kappa shape index (κ3) is 4.68. The summed E-state index contributed by atoms with van der Waals surface area (Å²) in [5, 5.41) is 7.00. The van der Waals surface area contributed by atoms with Gasteiger partial charge in [-0.25, -0.2) is 9.97 Å². The van der Waals surface area contributed by atoms with Gasteiger partial charge in [-0.15, -0.1) is 0 Å². The standard InChI is InChI=1S/C22H24N6O/c1-15-3-9-19-20(11-15)27-21(26-19)10-6-17-4-7-18(8-5-17)25-22(29)16(2)12-28-14-23-13-24-28/h3-5,7-9,11,13-14,16H,6,10,12H2,1-2H3,(H,25,29)(H,26,27)/t16-/m1/s1. The van der Waals surface area contributed by atoms with Crippen molar-refractivity contribution in [1.29, 1.82) is 0 Å². The number of carbonyl (C=O) groups is 1. The van der Waals surface area contributed by atoms with Crippen LogP contribution in [-0.2, 0) is 24.2 Å². The molecule has 1 atom stereocenters. The van der Waals surface area contributed by atoms with E-state index in [1.165, 1.54) is 17.5 Å². The van der Waals surface area contributed by atoms with Crippen molar-refractivity contribution < 1.29 is 4.79 Å². The zero-order valence-corrected chi connectivity index (χ0v) is 16.6. The first-order chi connectivity index (χ1) is 14.1. The molecule has 29 heavy (non-hydrogen) atoms. The van der Waals surface area contributed by atoms with E-state index < -0.39 is 0 Å². The van der Waals surface area contributed by atoms with Crippen LogP contribution in [0.5, 0.6) is 0 Å². The molecule has 2 aromatic heterocycles. The Balaban J connectivity index is 1.31. The van der Waals surface area contributed by atoms with Crippen LogP contribution in [0.4, 0.5) is 5.69 Å². The van der Waals surface area contributed by atoms with Crippen molar-refractivity contribution in [2.75, 3.05) is 5.32 Å². The maximum absolute atomic E-state index is 12.4. The topological polar surface area (TPSA) is 88.5 Å². The maximum Gasteiger partial charge on any atom is 0.229 e. The first-order valence-corrected chi connectivity index (χ1v) is 9.74. The number of fused-ring (bicyclic) bond motifs is 1. The zero-order chi connectivity index (χ0) is 20.2. The first kappa shape index (κ1) is 18.9. The zero-order valence-electron chi connectivity index (χ0n) is 16.6. The summed E-state index contributed by atoms with van der Waals surface area (Å²) in [4.78, 5) is 24.3. The van der Waals surface area contributed by atoms with Gasteiger partial charge in [-0.05, 0) is 48.7 Å². The molecule has 0 aliphatic rings. The molecule has 7 nitrogen and oxygen atoms in total. The fraction of sp³-hybridized carbons (Fsp3) is 0.273. The minimum absolute atomic E-state index is 0.0363. The number of rotatable bonds is 7. The summed E-state index contributed by atoms with van der Waals surface area (Å²) in [6.45, 7) is 4.46. The van der Waals surface area contributed by atoms with Gasteiger partial charge in [0.05, 0.1) is 23.5 Å². The highest BCUT2D eigenvalue weighted by molar-refractivity contribution is 5.92. The molecule has 7 heteroatoms. The number of aromatic amines is 1. The quantitative estimate of drug-likeness (QED) is 0.507. The van der Waals surface area contributed by atoms with Gasteiger partial charge >= 0.3 is 0 Å². The molecule has 2 heterocycles. The number of hydrogen-bond acceptors (Lipinski definition) is 4. The van der Waals surface area contributed by atoms with Crippen LogP contribution in [0.25, 0.3) is 11.0 Å². The summed E-state index contributed by atoms with van der Waals surface area (Å²) in [7, 11) is 0. The minimum Gasteiger partial charge on any atom is -0.342 e. The van der Waals surface area contributed by atoms with Crippen LogP contribution in [-0.4, -0.2) is 30.6 Å². The molecule has 0 fully saturated rings. The van der Waals surface area contributed by atoms with Crippen LogP contribution in [0.3, 0.4) is 0 Å². The summed E-state index contributed by atoms with van der Waals surface area (Å²) in [6, 6.07) is 14.2. The normalized spacial score (nSPS) is 12.2. The molecule has 4 rings (SSSR count). The van der Waals surface area contributed by atoms with E-state index in [0.29, 0.717) is 6.54 Å². The van der Waals surface area contributed by atoms with Gasteiger partial charge in [0.25, 0.3) is 0 Å². The van der Waals surface area contributed by atoms with E-state index in [0.717, 1.165) is 35.4 Å². The van der Waals surface area contributed by atoms with Crippen molar-refractivity contribution in [3.05, 3.63) is 72.1 Å². The molecular weight excluding hydrogens is 364 g/mol. The Morgan fingerprint density at radius 1 is 1.17 bits per heavy atom. The van der Waals surface area contributed by atoms with E-state index in [4.69, 9.17) is 0 Å². The summed E-state index contributed by atoms with van der Waals surface area (Å²) in [6.07, 6.45) is 4.81. The number of benzene rings is 2. The van der Waals surface area contributed by atoms with Gasteiger partial charge in [0, 0.05) is 12.1 Å². The lowest BCUT2D eigenvalue weighted by Crippen LogP contribution is -2.24. The van der Waals surface area contributed by atoms with Gasteiger partial charge in [-0.3, -0.25) is 9.48 Å². The van der Waals surface area contributed by atoms with Crippen LogP contribution < -0.4 is 5.32 Å². The summed E-state index contributed by atoms with van der Waals surface area (Å²) in [5.41, 5.74) is 5.31. The highest BCUT2D eigenvalue weighted by Crippen LogP contribution is 2.16. The van der Waals surface area contributed by atoms with Crippen LogP contribution in [0, 0.1) is 12.8 Å². The molecule has 0 spiro atoms. The molecule has 2 aromatic carbocycles. The molecule has 0 radical (unpaired) electrons. The Morgan fingerprint density at radius 2 is 2.00 bits per heavy atom. The van der Waals surface area contributed by atoms with E-state index in [1.54, 1.807) is 11.0 Å². The van der Waals surface area contributed by atoms with Crippen molar-refractivity contribution in [3.8, 4) is 0 Å². The number of H-pyrrole nitrogens is 1. The minimum atomic E-state index is -0.201. The fourth-order valence-electron chi connectivity index (χ4n) is 3.27. The highest BCUT2D eigenvalue weighted by Gasteiger charge is 2.14. The molecule has 0 aliphatic heterocycles. The van der Waals surface area contributed by atoms with Gasteiger partial charge in [-0.2, -0.15) is 5.10 Å². The third-order valence-electron chi connectivity index (χ3n) is 4.93. The predicted octanol–water partition coefficient (Wildman–Crippen LogP) is 3.52. The Kier molecular flexibility index (Phi) is 5.37. The summed E-state index contributed by atoms with van der Waals surface area (Å²) < 4.78 is 1.66. The first-order valence-electron chi connectivity index (χ1n) is 9.74. The number of anilines is 1. The van der Waals surface area contributed by atoms with Crippen LogP contribution >= 0.6 is 0 Å². The van der Waals surface area contributed by atoms with Gasteiger partial charge in [0.15, 0.2) is 0 Å². The number of aromatic nitrogens is 5. The van der Waals surface area contributed by atoms with Crippen molar-refractivity contribution in [3.63, 3.8) is 0 Å². The molecule has 0 bridgehead atoms. The Bertz CT molecular complexity index is 1100. The largest absolute Gasteiger partial charge is 0.342 e. The predicted molar refractivity (Wildman–Crippen MR) is 112 cm³/mol. The van der Waals surface area contributed by atoms with E-state index in [9.17, 15) is 4.79 Å². The van der Waals surface area contributed by atoms with Crippen LogP contribution in [0.1, 0.15) is 23.9 Å². The van der Waals surface area contributed by atoms with Gasteiger partial charge in [0.1, 0.15) is 18.5 Å². The molecule has 2 N–H and O–H groups in total. The number of nitrogens with zero attached hydrogens (tertiary/aromatic N) is 4. The molecule has 0 aliphatic carbocycles. The van der Waals surface area contributed by atoms with Crippen molar-refractivity contribution in [1.82, 2.24) is 24.7 Å². The van der Waals surface area contributed by atoms with E-state index in [1.807, 2.05) is 37.3 Å². The van der Waals surface area contributed by atoms with E-state index in [2.05, 4.69) is 44.4 Å². The lowest BCUT2D eigenvalue weighted by molar-refractivity contribution is -0.119. The second-order valence-corrected chi connectivity index (χ2v) is 7.41. The number of carbonyl (C=O) groups excluding carboxylic acids is 1. The second kappa shape index (κ2) is 8.26. The number of amides is 1. The molecule has 0 unspecified atom stereocenters. The number of hydrogen-bond donors (Lipinski definition) is 2. The van der Waals surface area contributed by atoms with Crippen molar-refractivity contribution >= 4 is 22.6 Å². The van der Waals surface area contributed by atoms with E-state index in [-0.39, 0.29) is 11.8 Å². The average molecular weight is 388 g/mol. The molecule has 0 saturated heterocycles. The number of aryl methyl sites for hydroxylation is 3. The fourth-order valence-corrected chi connectivity index (χ4v) is 3.27. The summed E-state index contributed by atoms with van der Waals surface area (Å²) >= 11 is 0. The molecule has 4 aromatic rings. The average Bonchev–Trinajstić information content (AvgIpc) is 3.36. The maximum atomic E-state index is 12.4. The summed E-state index contributed by atoms with van der Waals surface area (Å²) in [5.74, 6) is 0.754. The Hall–Kier alpha value is -3.48. The smallest absolute Gasteiger partial charge is 0.229 e. The van der Waals surface area contributed by atoms with Gasteiger partial charge < -0.3 is 10.3 Å². The Morgan fingerprint density at radius 3 is 2.76 bits per heavy atom. The number of nitrogens with one attached hydrogen (secondary N) is 2. The monoisotopic (exact) mass is 388 g/mol.